The summed E-state index contributed by atoms with van der Waals surface area (Å²) < 4.78 is 1.20. The zero-order valence-corrected chi connectivity index (χ0v) is 10.8. The van der Waals surface area contributed by atoms with Gasteiger partial charge in [0.15, 0.2) is 0 Å². The minimum atomic E-state index is 0.422. The fourth-order valence-corrected chi connectivity index (χ4v) is 3.10. The Bertz CT molecular complexity index is 335. The summed E-state index contributed by atoms with van der Waals surface area (Å²) in [7, 11) is 2.00. The maximum absolute atomic E-state index is 3.55. The molecule has 0 saturated heterocycles. The molecular weight excluding hydrogens is 258 g/mol. The third-order valence-corrected chi connectivity index (χ3v) is 4.03. The second-order valence-corrected chi connectivity index (χ2v) is 4.74. The van der Waals surface area contributed by atoms with Crippen LogP contribution in [-0.2, 0) is 0 Å². The molecule has 0 aliphatic carbocycles. The lowest BCUT2D eigenvalue weighted by Crippen LogP contribution is -2.15. The number of rotatable bonds is 4. The highest BCUT2D eigenvalue weighted by molar-refractivity contribution is 9.10. The van der Waals surface area contributed by atoms with Crippen molar-refractivity contribution in [3.05, 3.63) is 20.8 Å². The zero-order chi connectivity index (χ0) is 10.4. The maximum atomic E-state index is 3.55. The van der Waals surface area contributed by atoms with Crippen LogP contribution in [0.1, 0.15) is 30.7 Å². The van der Waals surface area contributed by atoms with E-state index in [0.29, 0.717) is 6.04 Å². The smallest absolute Gasteiger partial charge is 0.0432 e. The Kier molecular flexibility index (Phi) is 5.24. The molecule has 0 aromatic carbocycles. The molecule has 0 aliphatic heterocycles. The average Bonchev–Trinajstić information content (AvgIpc) is 2.60. The molecule has 0 spiro atoms. The van der Waals surface area contributed by atoms with E-state index in [2.05, 4.69) is 44.5 Å². The van der Waals surface area contributed by atoms with Crippen molar-refractivity contribution in [2.45, 2.75) is 25.8 Å². The third kappa shape index (κ3) is 3.13. The van der Waals surface area contributed by atoms with Gasteiger partial charge in [-0.3, -0.25) is 0 Å². The Morgan fingerprint density at radius 1 is 1.64 bits per heavy atom. The Balaban J connectivity index is 2.61. The Morgan fingerprint density at radius 3 is 2.93 bits per heavy atom. The normalized spacial score (nSPS) is 11.9. The summed E-state index contributed by atoms with van der Waals surface area (Å²) in [6.07, 6.45) is 2.02. The van der Waals surface area contributed by atoms with Gasteiger partial charge in [-0.2, -0.15) is 0 Å². The molecule has 0 fully saturated rings. The van der Waals surface area contributed by atoms with E-state index in [1.165, 1.54) is 9.35 Å². The molecule has 0 aliphatic rings. The first-order valence-electron chi connectivity index (χ1n) is 4.59. The molecule has 1 atom stereocenters. The third-order valence-electron chi connectivity index (χ3n) is 2.04. The van der Waals surface area contributed by atoms with Crippen molar-refractivity contribution >= 4 is 27.3 Å². The van der Waals surface area contributed by atoms with Crippen molar-refractivity contribution in [2.24, 2.45) is 0 Å². The second kappa shape index (κ2) is 6.23. The molecule has 14 heavy (non-hydrogen) atoms. The minimum absolute atomic E-state index is 0.422. The van der Waals surface area contributed by atoms with Crippen LogP contribution < -0.4 is 5.32 Å². The van der Waals surface area contributed by atoms with Crippen LogP contribution in [0.4, 0.5) is 0 Å². The number of hydrogen-bond donors (Lipinski definition) is 1. The predicted molar refractivity (Wildman–Crippen MR) is 66.5 cm³/mol. The fourth-order valence-electron chi connectivity index (χ4n) is 1.30. The maximum Gasteiger partial charge on any atom is 0.0432 e. The van der Waals surface area contributed by atoms with E-state index in [1.54, 1.807) is 11.3 Å². The van der Waals surface area contributed by atoms with Crippen LogP contribution in [-0.4, -0.2) is 7.05 Å². The monoisotopic (exact) mass is 271 g/mol. The Morgan fingerprint density at radius 2 is 2.43 bits per heavy atom. The molecule has 1 aromatic rings. The van der Waals surface area contributed by atoms with Gasteiger partial charge >= 0.3 is 0 Å². The van der Waals surface area contributed by atoms with Crippen LogP contribution in [0.25, 0.3) is 0 Å². The lowest BCUT2D eigenvalue weighted by molar-refractivity contribution is 0.565. The number of thiophene rings is 1. The number of halogens is 1. The van der Waals surface area contributed by atoms with Gasteiger partial charge in [-0.05, 0) is 47.8 Å². The topological polar surface area (TPSA) is 12.0 Å². The number of hydrogen-bond acceptors (Lipinski definition) is 2. The lowest BCUT2D eigenvalue weighted by atomic mass is 10.1. The van der Waals surface area contributed by atoms with Gasteiger partial charge in [0.2, 0.25) is 0 Å². The molecule has 1 heterocycles. The van der Waals surface area contributed by atoms with Gasteiger partial charge in [-0.25, -0.2) is 0 Å². The van der Waals surface area contributed by atoms with Crippen molar-refractivity contribution in [2.75, 3.05) is 7.05 Å². The van der Waals surface area contributed by atoms with Crippen LogP contribution in [0, 0.1) is 11.8 Å². The molecule has 1 nitrogen and oxygen atoms in total. The van der Waals surface area contributed by atoms with E-state index >= 15 is 0 Å². The van der Waals surface area contributed by atoms with Crippen LogP contribution >= 0.6 is 27.3 Å². The average molecular weight is 272 g/mol. The van der Waals surface area contributed by atoms with Crippen molar-refractivity contribution < 1.29 is 0 Å². The lowest BCUT2D eigenvalue weighted by Gasteiger charge is -2.13. The Hall–Kier alpha value is -0.300. The molecule has 0 amide bonds. The van der Waals surface area contributed by atoms with Gasteiger partial charge in [0.05, 0.1) is 0 Å². The van der Waals surface area contributed by atoms with E-state index in [1.807, 2.05) is 14.0 Å². The fraction of sp³-hybridized carbons (Fsp3) is 0.455. The summed E-state index contributed by atoms with van der Waals surface area (Å²) in [5, 5.41) is 5.42. The van der Waals surface area contributed by atoms with E-state index in [4.69, 9.17) is 0 Å². The van der Waals surface area contributed by atoms with Gasteiger partial charge in [-0.15, -0.1) is 23.2 Å². The van der Waals surface area contributed by atoms with E-state index in [0.717, 1.165) is 12.8 Å². The van der Waals surface area contributed by atoms with E-state index < -0.39 is 0 Å². The highest BCUT2D eigenvalue weighted by Gasteiger charge is 2.12. The molecule has 0 saturated carbocycles. The second-order valence-electron chi connectivity index (χ2n) is 2.94. The van der Waals surface area contributed by atoms with Gasteiger partial charge in [0, 0.05) is 21.8 Å². The molecule has 1 aromatic heterocycles. The van der Waals surface area contributed by atoms with Gasteiger partial charge in [0.25, 0.3) is 0 Å². The van der Waals surface area contributed by atoms with Crippen molar-refractivity contribution in [3.8, 4) is 11.8 Å². The number of nitrogens with one attached hydrogen (secondary N) is 1. The van der Waals surface area contributed by atoms with E-state index in [-0.39, 0.29) is 0 Å². The first-order valence-corrected chi connectivity index (χ1v) is 6.26. The van der Waals surface area contributed by atoms with Crippen LogP contribution in [0.3, 0.4) is 0 Å². The molecule has 3 heteroatoms. The van der Waals surface area contributed by atoms with Crippen molar-refractivity contribution in [1.82, 2.24) is 5.32 Å². The predicted octanol–water partition coefficient (Wildman–Crippen LogP) is 3.57. The van der Waals surface area contributed by atoms with Gasteiger partial charge in [0.1, 0.15) is 0 Å². The quantitative estimate of drug-likeness (QED) is 0.826. The molecular formula is C11H14BrNS. The largest absolute Gasteiger partial charge is 0.312 e. The van der Waals surface area contributed by atoms with Crippen LogP contribution in [0.2, 0.25) is 0 Å². The van der Waals surface area contributed by atoms with Crippen molar-refractivity contribution in [3.63, 3.8) is 0 Å². The summed E-state index contributed by atoms with van der Waals surface area (Å²) in [5.41, 5.74) is 0. The highest BCUT2D eigenvalue weighted by atomic mass is 79.9. The van der Waals surface area contributed by atoms with Gasteiger partial charge in [-0.1, -0.05) is 0 Å². The summed E-state index contributed by atoms with van der Waals surface area (Å²) in [6.45, 7) is 1.88. The zero-order valence-electron chi connectivity index (χ0n) is 8.43. The SMILES string of the molecule is CC#CCCC(NC)c1sccc1Br. The Labute approximate surface area is 98.0 Å². The standard InChI is InChI=1S/C11H14BrNS/c1-3-4-5-6-10(13-2)11-9(12)7-8-14-11/h7-8,10,13H,5-6H2,1-2H3. The van der Waals surface area contributed by atoms with Gasteiger partial charge < -0.3 is 5.32 Å². The first-order chi connectivity index (χ1) is 6.79. The summed E-state index contributed by atoms with van der Waals surface area (Å²) >= 11 is 5.33. The molecule has 1 unspecified atom stereocenters. The molecule has 0 bridgehead atoms. The molecule has 0 radical (unpaired) electrons. The molecule has 1 N–H and O–H groups in total. The molecule has 1 rings (SSSR count). The molecule has 76 valence electrons. The van der Waals surface area contributed by atoms with E-state index in [9.17, 15) is 0 Å². The summed E-state index contributed by atoms with van der Waals surface area (Å²) in [6, 6.07) is 2.51. The summed E-state index contributed by atoms with van der Waals surface area (Å²) in [4.78, 5) is 1.37. The highest BCUT2D eigenvalue weighted by Crippen LogP contribution is 2.31. The first kappa shape index (κ1) is 11.8. The van der Waals surface area contributed by atoms with Crippen LogP contribution in [0.15, 0.2) is 15.9 Å². The van der Waals surface area contributed by atoms with Crippen LogP contribution in [0.5, 0.6) is 0 Å². The summed E-state index contributed by atoms with van der Waals surface area (Å²) in [5.74, 6) is 6.01. The van der Waals surface area contributed by atoms with Crippen molar-refractivity contribution in [1.29, 1.82) is 0 Å². The minimum Gasteiger partial charge on any atom is -0.312 e.